The van der Waals surface area contributed by atoms with Gasteiger partial charge in [0.1, 0.15) is 18.0 Å². The van der Waals surface area contributed by atoms with Gasteiger partial charge in [-0.15, -0.1) is 0 Å². The van der Waals surface area contributed by atoms with Gasteiger partial charge in [0, 0.05) is 24.8 Å². The van der Waals surface area contributed by atoms with Gasteiger partial charge in [0.05, 0.1) is 12.2 Å². The standard InChI is InChI=1S/C31H31F2O5P/c1-21(34)37-28-18-25(10-5-6-17-36-27-12-7-11-26(19-27)31(32,33)39)29(20-28)38-30(35)24-15-13-23(14-16-24)22-8-3-2-4-9-22/h2-5,7-16,19,25,28-29H,6,17-18,20,39H2,1H3/b10-5+/t25?,28-,29-/m1/s1. The third-order valence-electron chi connectivity index (χ3n) is 6.48. The molecule has 3 aromatic rings. The first kappa shape index (κ1) is 28.4. The van der Waals surface area contributed by atoms with Crippen LogP contribution in [0.4, 0.5) is 8.78 Å². The van der Waals surface area contributed by atoms with E-state index >= 15 is 0 Å². The lowest BCUT2D eigenvalue weighted by Gasteiger charge is -2.17. The first-order valence-corrected chi connectivity index (χ1v) is 13.4. The van der Waals surface area contributed by atoms with E-state index in [1.54, 1.807) is 18.2 Å². The molecule has 0 bridgehead atoms. The topological polar surface area (TPSA) is 61.8 Å². The molecule has 5 nitrogen and oxygen atoms in total. The molecule has 1 aliphatic rings. The lowest BCUT2D eigenvalue weighted by molar-refractivity contribution is -0.146. The molecule has 39 heavy (non-hydrogen) atoms. The second-order valence-corrected chi connectivity index (χ2v) is 10.2. The zero-order valence-corrected chi connectivity index (χ0v) is 22.7. The highest BCUT2D eigenvalue weighted by molar-refractivity contribution is 7.17. The molecule has 0 spiro atoms. The van der Waals surface area contributed by atoms with Crippen molar-refractivity contribution in [3.8, 4) is 16.9 Å². The fourth-order valence-corrected chi connectivity index (χ4v) is 4.78. The zero-order valence-electron chi connectivity index (χ0n) is 21.6. The fourth-order valence-electron chi connectivity index (χ4n) is 4.60. The van der Waals surface area contributed by atoms with Gasteiger partial charge in [0.2, 0.25) is 0 Å². The highest BCUT2D eigenvalue weighted by atomic mass is 31.0. The number of hydrogen-bond acceptors (Lipinski definition) is 5. The molecule has 204 valence electrons. The molecular weight excluding hydrogens is 521 g/mol. The molecule has 0 N–H and O–H groups in total. The van der Waals surface area contributed by atoms with Crippen molar-refractivity contribution in [3.63, 3.8) is 0 Å². The summed E-state index contributed by atoms with van der Waals surface area (Å²) in [5, 5.41) is 0. The van der Waals surface area contributed by atoms with Gasteiger partial charge in [0.25, 0.3) is 5.66 Å². The molecule has 4 atom stereocenters. The van der Waals surface area contributed by atoms with Crippen LogP contribution in [0, 0.1) is 5.92 Å². The Hall–Kier alpha value is -3.57. The van der Waals surface area contributed by atoms with Crippen LogP contribution in [-0.4, -0.2) is 30.8 Å². The number of carbonyl (C=O) groups excluding carboxylic acids is 2. The molecule has 1 fully saturated rings. The summed E-state index contributed by atoms with van der Waals surface area (Å²) in [5.41, 5.74) is -0.652. The minimum absolute atomic E-state index is 0.137. The van der Waals surface area contributed by atoms with E-state index in [4.69, 9.17) is 14.2 Å². The molecule has 0 aromatic heterocycles. The van der Waals surface area contributed by atoms with E-state index in [9.17, 15) is 18.4 Å². The summed E-state index contributed by atoms with van der Waals surface area (Å²) in [6.45, 7) is 1.65. The van der Waals surface area contributed by atoms with Crippen LogP contribution < -0.4 is 4.74 Å². The maximum atomic E-state index is 13.5. The molecule has 0 heterocycles. The van der Waals surface area contributed by atoms with E-state index in [0.717, 1.165) is 11.1 Å². The molecule has 0 amide bonds. The average Bonchev–Trinajstić information content (AvgIpc) is 3.28. The van der Waals surface area contributed by atoms with Crippen molar-refractivity contribution in [2.45, 2.75) is 44.1 Å². The first-order valence-electron chi connectivity index (χ1n) is 12.8. The summed E-state index contributed by atoms with van der Waals surface area (Å²) in [6, 6.07) is 23.0. The highest BCUT2D eigenvalue weighted by Gasteiger charge is 2.37. The minimum Gasteiger partial charge on any atom is -0.493 e. The number of benzene rings is 3. The predicted octanol–water partition coefficient (Wildman–Crippen LogP) is 7.17. The van der Waals surface area contributed by atoms with Crippen LogP contribution in [0.2, 0.25) is 0 Å². The highest BCUT2D eigenvalue weighted by Crippen LogP contribution is 2.36. The predicted molar refractivity (Wildman–Crippen MR) is 149 cm³/mol. The largest absolute Gasteiger partial charge is 0.493 e. The fraction of sp³-hybridized carbons (Fsp3) is 0.290. The monoisotopic (exact) mass is 552 g/mol. The van der Waals surface area contributed by atoms with Crippen molar-refractivity contribution >= 4 is 21.2 Å². The van der Waals surface area contributed by atoms with Gasteiger partial charge in [0.15, 0.2) is 0 Å². The van der Waals surface area contributed by atoms with E-state index in [1.807, 2.05) is 54.6 Å². The van der Waals surface area contributed by atoms with E-state index in [1.165, 1.54) is 34.4 Å². The Morgan fingerprint density at radius 1 is 0.949 bits per heavy atom. The van der Waals surface area contributed by atoms with Gasteiger partial charge in [-0.1, -0.05) is 76.0 Å². The molecule has 1 aliphatic carbocycles. The third kappa shape index (κ3) is 8.21. The Kier molecular flexibility index (Phi) is 9.47. The van der Waals surface area contributed by atoms with Crippen molar-refractivity contribution in [3.05, 3.63) is 102 Å². The van der Waals surface area contributed by atoms with Crippen LogP contribution >= 0.6 is 9.24 Å². The second-order valence-electron chi connectivity index (χ2n) is 9.47. The number of alkyl halides is 2. The molecule has 2 unspecified atom stereocenters. The van der Waals surface area contributed by atoms with Crippen molar-refractivity contribution in [1.82, 2.24) is 0 Å². The summed E-state index contributed by atoms with van der Waals surface area (Å²) >= 11 is 0. The lowest BCUT2D eigenvalue weighted by Crippen LogP contribution is -2.22. The Morgan fingerprint density at radius 2 is 1.67 bits per heavy atom. The van der Waals surface area contributed by atoms with Crippen LogP contribution in [-0.2, 0) is 19.9 Å². The smallest absolute Gasteiger partial charge is 0.338 e. The van der Waals surface area contributed by atoms with Gasteiger partial charge in [-0.05, 0) is 48.2 Å². The molecule has 8 heteroatoms. The number of halogens is 2. The average molecular weight is 553 g/mol. The Labute approximate surface area is 229 Å². The van der Waals surface area contributed by atoms with Crippen LogP contribution in [0.15, 0.2) is 91.0 Å². The van der Waals surface area contributed by atoms with Crippen LogP contribution in [0.5, 0.6) is 5.75 Å². The van der Waals surface area contributed by atoms with Crippen LogP contribution in [0.1, 0.15) is 42.1 Å². The van der Waals surface area contributed by atoms with Crippen LogP contribution in [0.25, 0.3) is 11.1 Å². The Morgan fingerprint density at radius 3 is 2.36 bits per heavy atom. The summed E-state index contributed by atoms with van der Waals surface area (Å²) in [6.07, 6.45) is 4.53. The van der Waals surface area contributed by atoms with Crippen molar-refractivity contribution in [2.75, 3.05) is 6.61 Å². The van der Waals surface area contributed by atoms with Gasteiger partial charge in [-0.25, -0.2) is 4.79 Å². The molecular formula is C31H31F2O5P. The Bertz CT molecular complexity index is 1290. The lowest BCUT2D eigenvalue weighted by atomic mass is 10.0. The minimum atomic E-state index is -3.02. The number of esters is 2. The van der Waals surface area contributed by atoms with Gasteiger partial charge in [-0.2, -0.15) is 8.78 Å². The van der Waals surface area contributed by atoms with Crippen LogP contribution in [0.3, 0.4) is 0 Å². The summed E-state index contributed by atoms with van der Waals surface area (Å²) in [7, 11) is 1.52. The molecule has 1 saturated carbocycles. The first-order chi connectivity index (χ1) is 18.7. The number of ether oxygens (including phenoxy) is 3. The van der Waals surface area contributed by atoms with Gasteiger partial charge in [-0.3, -0.25) is 4.79 Å². The zero-order chi connectivity index (χ0) is 27.8. The van der Waals surface area contributed by atoms with E-state index in [-0.39, 0.29) is 23.6 Å². The maximum Gasteiger partial charge on any atom is 0.338 e. The summed E-state index contributed by atoms with van der Waals surface area (Å²) < 4.78 is 43.9. The van der Waals surface area contributed by atoms with Crippen molar-refractivity contribution in [1.29, 1.82) is 0 Å². The van der Waals surface area contributed by atoms with E-state index in [2.05, 4.69) is 0 Å². The molecule has 3 aromatic carbocycles. The number of rotatable bonds is 10. The Balaban J connectivity index is 1.34. The second kappa shape index (κ2) is 13.0. The van der Waals surface area contributed by atoms with Crippen molar-refractivity contribution < 1.29 is 32.6 Å². The number of carbonyl (C=O) groups is 2. The molecule has 0 saturated heterocycles. The SMILES string of the molecule is CC(=O)O[C@@H]1CC(/C=C/CCOc2cccc(C(F)(F)P)c2)[C@H](OC(=O)c2ccc(-c3ccccc3)cc2)C1. The number of hydrogen-bond donors (Lipinski definition) is 0. The molecule has 4 rings (SSSR count). The van der Waals surface area contributed by atoms with Gasteiger partial charge < -0.3 is 14.2 Å². The maximum absolute atomic E-state index is 13.5. The quantitative estimate of drug-likeness (QED) is 0.116. The molecule has 0 aliphatic heterocycles. The van der Waals surface area contributed by atoms with E-state index in [0.29, 0.717) is 37.2 Å². The summed E-state index contributed by atoms with van der Waals surface area (Å²) in [4.78, 5) is 24.4. The third-order valence-corrected chi connectivity index (χ3v) is 6.82. The molecule has 0 radical (unpaired) electrons. The van der Waals surface area contributed by atoms with Gasteiger partial charge >= 0.3 is 11.9 Å². The van der Waals surface area contributed by atoms with E-state index < -0.39 is 17.7 Å². The van der Waals surface area contributed by atoms with Crippen molar-refractivity contribution in [2.24, 2.45) is 5.92 Å². The summed E-state index contributed by atoms with van der Waals surface area (Å²) in [5.74, 6) is -0.585. The normalized spacial score (nSPS) is 19.1.